The van der Waals surface area contributed by atoms with E-state index in [1.54, 1.807) is 12.1 Å². The minimum atomic E-state index is -0.312. The lowest BCUT2D eigenvalue weighted by Crippen LogP contribution is -2.43. The van der Waals surface area contributed by atoms with Crippen LogP contribution in [0, 0.1) is 17.2 Å². The largest absolute Gasteiger partial charge is 0.396 e. The van der Waals surface area contributed by atoms with E-state index in [4.69, 9.17) is 5.26 Å². The van der Waals surface area contributed by atoms with Crippen LogP contribution in [0.3, 0.4) is 0 Å². The van der Waals surface area contributed by atoms with E-state index in [1.165, 1.54) is 5.56 Å². The number of carbonyl (C=O) groups excluding carboxylic acids is 1. The monoisotopic (exact) mass is 380 g/mol. The summed E-state index contributed by atoms with van der Waals surface area (Å²) in [6, 6.07) is 12.5. The van der Waals surface area contributed by atoms with Gasteiger partial charge in [0.25, 0.3) is 0 Å². The zero-order valence-corrected chi connectivity index (χ0v) is 16.0. The minimum absolute atomic E-state index is 0.0474. The molecule has 8 heteroatoms. The summed E-state index contributed by atoms with van der Waals surface area (Å²) >= 11 is 0. The number of nitrogens with zero attached hydrogens (tertiary/aromatic N) is 4. The van der Waals surface area contributed by atoms with Gasteiger partial charge in [0.2, 0.25) is 0 Å². The first-order valence-corrected chi connectivity index (χ1v) is 9.27. The molecule has 1 fully saturated rings. The molecule has 146 valence electrons. The molecule has 0 aliphatic carbocycles. The molecule has 8 nitrogen and oxygen atoms in total. The first kappa shape index (κ1) is 19.6. The zero-order chi connectivity index (χ0) is 20.1. The summed E-state index contributed by atoms with van der Waals surface area (Å²) < 4.78 is 0. The first-order chi connectivity index (χ1) is 13.5. The molecule has 0 unspecified atom stereocenters. The van der Waals surface area contributed by atoms with Gasteiger partial charge in [0.05, 0.1) is 6.04 Å². The number of hydrogen-bond acceptors (Lipinski definition) is 6. The second-order valence-electron chi connectivity index (χ2n) is 7.22. The van der Waals surface area contributed by atoms with Crippen molar-refractivity contribution >= 4 is 17.5 Å². The van der Waals surface area contributed by atoms with Crippen LogP contribution in [0.15, 0.2) is 36.4 Å². The molecule has 0 saturated carbocycles. The van der Waals surface area contributed by atoms with E-state index in [0.29, 0.717) is 24.8 Å². The van der Waals surface area contributed by atoms with Gasteiger partial charge in [-0.1, -0.05) is 26.0 Å². The van der Waals surface area contributed by atoms with Crippen molar-refractivity contribution in [1.29, 1.82) is 5.26 Å². The fourth-order valence-electron chi connectivity index (χ4n) is 3.25. The SMILES string of the molecule is CC(C)c1ccc(NC(=O)N[C@@H]2CN(c3ccc(C#N)nn3)C[C@H]2CO)cc1. The number of anilines is 2. The molecule has 0 radical (unpaired) electrons. The lowest BCUT2D eigenvalue weighted by molar-refractivity contribution is 0.211. The predicted octanol–water partition coefficient (Wildman–Crippen LogP) is 2.09. The third kappa shape index (κ3) is 4.56. The van der Waals surface area contributed by atoms with E-state index < -0.39 is 0 Å². The Labute approximate surface area is 164 Å². The molecule has 3 N–H and O–H groups in total. The van der Waals surface area contributed by atoms with E-state index in [2.05, 4.69) is 34.7 Å². The molecule has 2 heterocycles. The second-order valence-corrected chi connectivity index (χ2v) is 7.22. The number of urea groups is 1. The number of rotatable bonds is 5. The van der Waals surface area contributed by atoms with Crippen molar-refractivity contribution in [2.24, 2.45) is 5.92 Å². The summed E-state index contributed by atoms with van der Waals surface area (Å²) in [4.78, 5) is 14.3. The van der Waals surface area contributed by atoms with E-state index in [1.807, 2.05) is 35.2 Å². The Bertz CT molecular complexity index is 844. The van der Waals surface area contributed by atoms with Crippen molar-refractivity contribution < 1.29 is 9.90 Å². The highest BCUT2D eigenvalue weighted by molar-refractivity contribution is 5.89. The molecule has 2 amide bonds. The molecule has 1 saturated heterocycles. The maximum absolute atomic E-state index is 12.4. The summed E-state index contributed by atoms with van der Waals surface area (Å²) in [5, 5.41) is 32.2. The molecule has 1 aromatic carbocycles. The van der Waals surface area contributed by atoms with Crippen LogP contribution in [-0.2, 0) is 0 Å². The zero-order valence-electron chi connectivity index (χ0n) is 16.0. The molecule has 1 aliphatic heterocycles. The molecule has 28 heavy (non-hydrogen) atoms. The van der Waals surface area contributed by atoms with Gasteiger partial charge in [-0.3, -0.25) is 0 Å². The Kier molecular flexibility index (Phi) is 6.06. The number of amides is 2. The fraction of sp³-hybridized carbons (Fsp3) is 0.400. The summed E-state index contributed by atoms with van der Waals surface area (Å²) in [5.74, 6) is 0.931. The van der Waals surface area contributed by atoms with Crippen LogP contribution in [0.25, 0.3) is 0 Å². The van der Waals surface area contributed by atoms with Crippen LogP contribution < -0.4 is 15.5 Å². The summed E-state index contributed by atoms with van der Waals surface area (Å²) in [6.07, 6.45) is 0. The quantitative estimate of drug-likeness (QED) is 0.732. The molecule has 0 bridgehead atoms. The average Bonchev–Trinajstić information content (AvgIpc) is 3.11. The number of nitrogens with one attached hydrogen (secondary N) is 2. The van der Waals surface area contributed by atoms with Gasteiger partial charge in [-0.15, -0.1) is 10.2 Å². The van der Waals surface area contributed by atoms with Crippen molar-refractivity contribution in [3.63, 3.8) is 0 Å². The van der Waals surface area contributed by atoms with Gasteiger partial charge in [0.15, 0.2) is 11.5 Å². The lowest BCUT2D eigenvalue weighted by Gasteiger charge is -2.18. The van der Waals surface area contributed by atoms with Gasteiger partial charge in [0.1, 0.15) is 6.07 Å². The number of aliphatic hydroxyl groups is 1. The van der Waals surface area contributed by atoms with Crippen molar-refractivity contribution in [3.05, 3.63) is 47.7 Å². The number of aromatic nitrogens is 2. The van der Waals surface area contributed by atoms with E-state index in [-0.39, 0.29) is 30.3 Å². The fourth-order valence-corrected chi connectivity index (χ4v) is 3.25. The van der Waals surface area contributed by atoms with Gasteiger partial charge in [-0.05, 0) is 35.7 Å². The normalized spacial score (nSPS) is 18.8. The lowest BCUT2D eigenvalue weighted by atomic mass is 10.0. The molecule has 2 atom stereocenters. The highest BCUT2D eigenvalue weighted by Gasteiger charge is 2.34. The molecule has 3 rings (SSSR count). The summed E-state index contributed by atoms with van der Waals surface area (Å²) in [6.45, 7) is 5.24. The van der Waals surface area contributed by atoms with Crippen molar-refractivity contribution in [3.8, 4) is 6.07 Å². The van der Waals surface area contributed by atoms with Crippen LogP contribution in [0.2, 0.25) is 0 Å². The molecule has 0 spiro atoms. The first-order valence-electron chi connectivity index (χ1n) is 9.27. The van der Waals surface area contributed by atoms with E-state index in [9.17, 15) is 9.90 Å². The van der Waals surface area contributed by atoms with Crippen LogP contribution >= 0.6 is 0 Å². The standard InChI is InChI=1S/C20H24N6O2/c1-13(2)14-3-5-16(6-4-14)22-20(28)23-18-11-26(10-15(18)12-27)19-8-7-17(9-21)24-25-19/h3-8,13,15,18,27H,10-12H2,1-2H3,(H2,22,23,28)/t15-,18+/m0/s1. The van der Waals surface area contributed by atoms with Crippen molar-refractivity contribution in [2.75, 3.05) is 29.9 Å². The molecular weight excluding hydrogens is 356 g/mol. The number of carbonyl (C=O) groups is 1. The van der Waals surface area contributed by atoms with Gasteiger partial charge in [-0.25, -0.2) is 4.79 Å². The summed E-state index contributed by atoms with van der Waals surface area (Å²) in [5.41, 5.74) is 2.18. The average molecular weight is 380 g/mol. The number of hydrogen-bond donors (Lipinski definition) is 3. The Morgan fingerprint density at radius 1 is 1.25 bits per heavy atom. The summed E-state index contributed by atoms with van der Waals surface area (Å²) in [7, 11) is 0. The van der Waals surface area contributed by atoms with Gasteiger partial charge < -0.3 is 20.6 Å². The molecule has 2 aromatic rings. The third-order valence-corrected chi connectivity index (χ3v) is 4.92. The van der Waals surface area contributed by atoms with Crippen molar-refractivity contribution in [1.82, 2.24) is 15.5 Å². The highest BCUT2D eigenvalue weighted by Crippen LogP contribution is 2.22. The number of aliphatic hydroxyl groups excluding tert-OH is 1. The van der Waals surface area contributed by atoms with Gasteiger partial charge >= 0.3 is 6.03 Å². The number of nitriles is 1. The minimum Gasteiger partial charge on any atom is -0.396 e. The van der Waals surface area contributed by atoms with Crippen LogP contribution in [0.1, 0.15) is 31.0 Å². The maximum atomic E-state index is 12.4. The smallest absolute Gasteiger partial charge is 0.319 e. The Morgan fingerprint density at radius 2 is 2.00 bits per heavy atom. The molecule has 1 aromatic heterocycles. The number of benzene rings is 1. The van der Waals surface area contributed by atoms with Gasteiger partial charge in [-0.2, -0.15) is 5.26 Å². The molecule has 1 aliphatic rings. The Morgan fingerprint density at radius 3 is 2.57 bits per heavy atom. The second kappa shape index (κ2) is 8.67. The highest BCUT2D eigenvalue weighted by atomic mass is 16.3. The topological polar surface area (TPSA) is 114 Å². The maximum Gasteiger partial charge on any atom is 0.319 e. The van der Waals surface area contributed by atoms with Gasteiger partial charge in [0, 0.05) is 31.3 Å². The predicted molar refractivity (Wildman–Crippen MR) is 106 cm³/mol. The van der Waals surface area contributed by atoms with Crippen LogP contribution in [0.5, 0.6) is 0 Å². The van der Waals surface area contributed by atoms with Crippen molar-refractivity contribution in [2.45, 2.75) is 25.8 Å². The third-order valence-electron chi connectivity index (χ3n) is 4.92. The van der Waals surface area contributed by atoms with Crippen LogP contribution in [-0.4, -0.2) is 47.1 Å². The Balaban J connectivity index is 1.60. The van der Waals surface area contributed by atoms with E-state index >= 15 is 0 Å². The van der Waals surface area contributed by atoms with E-state index in [0.717, 1.165) is 5.69 Å². The Hall–Kier alpha value is -3.18. The van der Waals surface area contributed by atoms with Crippen LogP contribution in [0.4, 0.5) is 16.3 Å². The molecular formula is C20H24N6O2.